The summed E-state index contributed by atoms with van der Waals surface area (Å²) in [5.41, 5.74) is 0.955. The Labute approximate surface area is 144 Å². The van der Waals surface area contributed by atoms with Gasteiger partial charge in [-0.1, -0.05) is 0 Å². The van der Waals surface area contributed by atoms with E-state index in [4.69, 9.17) is 9.47 Å². The maximum Gasteiger partial charge on any atom is 0.274 e. The van der Waals surface area contributed by atoms with Crippen LogP contribution in [0.2, 0.25) is 0 Å². The van der Waals surface area contributed by atoms with Crippen LogP contribution in [-0.2, 0) is 7.05 Å². The number of benzene rings is 1. The summed E-state index contributed by atoms with van der Waals surface area (Å²) in [5, 5.41) is 12.8. The molecule has 2 N–H and O–H groups in total. The predicted molar refractivity (Wildman–Crippen MR) is 88.4 cm³/mol. The standard InChI is InChI=1S/C16H18N6O3/c1-22-5-4-17-15(22)14(19-16(23)13-9-18-21-20-13)10-6-11(24-2)8-12(7-10)25-3/h4-9,14H,1-3H3,(H,19,23)(H,18,20,21)/t14-/m0/s1. The van der Waals surface area contributed by atoms with Gasteiger partial charge in [0.05, 0.1) is 20.4 Å². The molecule has 2 heterocycles. The summed E-state index contributed by atoms with van der Waals surface area (Å²) in [6, 6.07) is 4.89. The van der Waals surface area contributed by atoms with E-state index < -0.39 is 6.04 Å². The molecule has 130 valence electrons. The van der Waals surface area contributed by atoms with E-state index in [1.165, 1.54) is 6.20 Å². The normalized spacial score (nSPS) is 11.8. The third-order valence-corrected chi connectivity index (χ3v) is 3.75. The second-order valence-corrected chi connectivity index (χ2v) is 5.30. The highest BCUT2D eigenvalue weighted by Crippen LogP contribution is 2.29. The number of aromatic amines is 1. The Balaban J connectivity index is 2.02. The minimum Gasteiger partial charge on any atom is -0.497 e. The van der Waals surface area contributed by atoms with Crippen molar-refractivity contribution < 1.29 is 14.3 Å². The van der Waals surface area contributed by atoms with Crippen LogP contribution in [0.4, 0.5) is 0 Å². The van der Waals surface area contributed by atoms with E-state index in [-0.39, 0.29) is 11.6 Å². The van der Waals surface area contributed by atoms with Crippen LogP contribution in [-0.4, -0.2) is 45.1 Å². The second-order valence-electron chi connectivity index (χ2n) is 5.30. The molecule has 1 amide bonds. The number of methoxy groups -OCH3 is 2. The maximum atomic E-state index is 12.5. The fourth-order valence-corrected chi connectivity index (χ4v) is 2.46. The molecule has 3 aromatic rings. The Hall–Kier alpha value is -3.36. The molecule has 25 heavy (non-hydrogen) atoms. The number of rotatable bonds is 6. The number of amides is 1. The predicted octanol–water partition coefficient (Wildman–Crippen LogP) is 1.07. The van der Waals surface area contributed by atoms with Gasteiger partial charge in [0.15, 0.2) is 5.69 Å². The first-order valence-electron chi connectivity index (χ1n) is 7.49. The van der Waals surface area contributed by atoms with Crippen LogP contribution in [0.1, 0.15) is 27.9 Å². The molecule has 0 saturated carbocycles. The topological polar surface area (TPSA) is 107 Å². The lowest BCUT2D eigenvalue weighted by molar-refractivity contribution is 0.0936. The summed E-state index contributed by atoms with van der Waals surface area (Å²) < 4.78 is 12.5. The first kappa shape index (κ1) is 16.5. The number of hydrogen-bond donors (Lipinski definition) is 2. The highest BCUT2D eigenvalue weighted by Gasteiger charge is 2.23. The smallest absolute Gasteiger partial charge is 0.274 e. The van der Waals surface area contributed by atoms with Crippen molar-refractivity contribution in [2.45, 2.75) is 6.04 Å². The molecule has 2 aromatic heterocycles. The van der Waals surface area contributed by atoms with Crippen molar-refractivity contribution in [2.75, 3.05) is 14.2 Å². The minimum atomic E-state index is -0.520. The third kappa shape index (κ3) is 3.44. The molecule has 0 spiro atoms. The largest absolute Gasteiger partial charge is 0.497 e. The van der Waals surface area contributed by atoms with Crippen LogP contribution < -0.4 is 14.8 Å². The molecular formula is C16H18N6O3. The summed E-state index contributed by atoms with van der Waals surface area (Å²) in [4.78, 5) is 16.8. The fourth-order valence-electron chi connectivity index (χ4n) is 2.46. The van der Waals surface area contributed by atoms with Gasteiger partial charge in [0.2, 0.25) is 0 Å². The van der Waals surface area contributed by atoms with Crippen LogP contribution in [0.15, 0.2) is 36.8 Å². The number of H-pyrrole nitrogens is 1. The van der Waals surface area contributed by atoms with Gasteiger partial charge in [-0.25, -0.2) is 4.98 Å². The highest BCUT2D eigenvalue weighted by atomic mass is 16.5. The number of hydrogen-bond acceptors (Lipinski definition) is 6. The lowest BCUT2D eigenvalue weighted by Crippen LogP contribution is -2.31. The Morgan fingerprint density at radius 1 is 1.24 bits per heavy atom. The Morgan fingerprint density at radius 3 is 2.48 bits per heavy atom. The molecule has 1 aromatic carbocycles. The van der Waals surface area contributed by atoms with Crippen LogP contribution in [0.3, 0.4) is 0 Å². The average molecular weight is 342 g/mol. The van der Waals surface area contributed by atoms with Gasteiger partial charge in [-0.2, -0.15) is 15.4 Å². The lowest BCUT2D eigenvalue weighted by atomic mass is 10.0. The lowest BCUT2D eigenvalue weighted by Gasteiger charge is -2.20. The van der Waals surface area contributed by atoms with Gasteiger partial charge in [0, 0.05) is 25.5 Å². The van der Waals surface area contributed by atoms with Crippen molar-refractivity contribution in [3.05, 3.63) is 53.9 Å². The summed E-state index contributed by atoms with van der Waals surface area (Å²) in [7, 11) is 5.00. The zero-order valence-electron chi connectivity index (χ0n) is 14.1. The molecule has 9 nitrogen and oxygen atoms in total. The van der Waals surface area contributed by atoms with Gasteiger partial charge < -0.3 is 19.4 Å². The molecule has 0 unspecified atom stereocenters. The van der Waals surface area contributed by atoms with Gasteiger partial charge in [-0.3, -0.25) is 4.79 Å². The van der Waals surface area contributed by atoms with E-state index in [1.807, 2.05) is 29.9 Å². The van der Waals surface area contributed by atoms with Crippen molar-refractivity contribution in [1.82, 2.24) is 30.3 Å². The average Bonchev–Trinajstić information content (AvgIpc) is 3.31. The first-order chi connectivity index (χ1) is 12.1. The van der Waals surface area contributed by atoms with Crippen LogP contribution in [0, 0.1) is 0 Å². The molecule has 0 aliphatic carbocycles. The van der Waals surface area contributed by atoms with Gasteiger partial charge in [0.25, 0.3) is 5.91 Å². The van der Waals surface area contributed by atoms with Crippen LogP contribution >= 0.6 is 0 Å². The number of aromatic nitrogens is 5. The van der Waals surface area contributed by atoms with Crippen molar-refractivity contribution in [2.24, 2.45) is 7.05 Å². The molecule has 0 aliphatic rings. The van der Waals surface area contributed by atoms with E-state index in [0.717, 1.165) is 5.56 Å². The molecule has 3 rings (SSSR count). The number of nitrogens with zero attached hydrogens (tertiary/aromatic N) is 4. The highest BCUT2D eigenvalue weighted by molar-refractivity contribution is 5.92. The molecule has 0 fully saturated rings. The third-order valence-electron chi connectivity index (χ3n) is 3.75. The van der Waals surface area contributed by atoms with Crippen molar-refractivity contribution >= 4 is 5.91 Å². The van der Waals surface area contributed by atoms with Crippen molar-refractivity contribution in [3.8, 4) is 11.5 Å². The number of ether oxygens (including phenoxy) is 2. The van der Waals surface area contributed by atoms with E-state index in [0.29, 0.717) is 17.3 Å². The Bertz CT molecular complexity index is 836. The number of aryl methyl sites for hydroxylation is 1. The zero-order valence-corrected chi connectivity index (χ0v) is 14.1. The number of nitrogens with one attached hydrogen (secondary N) is 2. The van der Waals surface area contributed by atoms with E-state index in [9.17, 15) is 4.79 Å². The molecule has 0 aliphatic heterocycles. The zero-order chi connectivity index (χ0) is 17.8. The van der Waals surface area contributed by atoms with Gasteiger partial charge in [0.1, 0.15) is 23.4 Å². The Kier molecular flexibility index (Phi) is 4.64. The van der Waals surface area contributed by atoms with Gasteiger partial charge in [-0.15, -0.1) is 0 Å². The van der Waals surface area contributed by atoms with E-state index >= 15 is 0 Å². The van der Waals surface area contributed by atoms with Gasteiger partial charge >= 0.3 is 0 Å². The summed E-state index contributed by atoms with van der Waals surface area (Å²) in [6.45, 7) is 0. The van der Waals surface area contributed by atoms with Crippen LogP contribution in [0.25, 0.3) is 0 Å². The van der Waals surface area contributed by atoms with Crippen molar-refractivity contribution in [3.63, 3.8) is 0 Å². The van der Waals surface area contributed by atoms with Gasteiger partial charge in [-0.05, 0) is 17.7 Å². The fraction of sp³-hybridized carbons (Fsp3) is 0.250. The molecule has 0 radical (unpaired) electrons. The number of carbonyl (C=O) groups is 1. The molecule has 1 atom stereocenters. The molecule has 0 saturated heterocycles. The monoisotopic (exact) mass is 342 g/mol. The summed E-state index contributed by atoms with van der Waals surface area (Å²) >= 11 is 0. The van der Waals surface area contributed by atoms with Crippen LogP contribution in [0.5, 0.6) is 11.5 Å². The first-order valence-corrected chi connectivity index (χ1v) is 7.49. The number of carbonyl (C=O) groups excluding carboxylic acids is 1. The quantitative estimate of drug-likeness (QED) is 0.694. The van der Waals surface area contributed by atoms with Crippen molar-refractivity contribution in [1.29, 1.82) is 0 Å². The maximum absolute atomic E-state index is 12.5. The Morgan fingerprint density at radius 2 is 1.96 bits per heavy atom. The van der Waals surface area contributed by atoms with E-state index in [1.54, 1.807) is 26.5 Å². The summed E-state index contributed by atoms with van der Waals surface area (Å²) in [6.07, 6.45) is 4.83. The SMILES string of the molecule is COc1cc(OC)cc([C@H](NC(=O)c2cn[nH]n2)c2nccn2C)c1. The molecular weight excluding hydrogens is 324 g/mol. The summed E-state index contributed by atoms with van der Waals surface area (Å²) in [5.74, 6) is 1.52. The minimum absolute atomic E-state index is 0.189. The number of imidazole rings is 1. The van der Waals surface area contributed by atoms with E-state index in [2.05, 4.69) is 25.7 Å². The second kappa shape index (κ2) is 7.04. The molecule has 9 heteroatoms. The molecule has 0 bridgehead atoms.